The van der Waals surface area contributed by atoms with Crippen LogP contribution in [0.15, 0.2) is 42.5 Å². The molecule has 0 saturated carbocycles. The van der Waals surface area contributed by atoms with Gasteiger partial charge >= 0.3 is 0 Å². The van der Waals surface area contributed by atoms with Crippen molar-refractivity contribution in [3.63, 3.8) is 0 Å². The van der Waals surface area contributed by atoms with Crippen LogP contribution in [0.5, 0.6) is 0 Å². The molecule has 0 bridgehead atoms. The Morgan fingerprint density at radius 3 is 2.62 bits per heavy atom. The molecule has 0 amide bonds. The molecule has 0 fully saturated rings. The fraction of sp³-hybridized carbons (Fsp3) is 0.333. The van der Waals surface area contributed by atoms with Gasteiger partial charge < -0.3 is 10.2 Å². The molecule has 0 heterocycles. The largest absolute Gasteiger partial charge is 0.342 e. The topological polar surface area (TPSA) is 15.3 Å². The molecular formula is C18H23FN2. The fourth-order valence-corrected chi connectivity index (χ4v) is 2.44. The Morgan fingerprint density at radius 1 is 1.14 bits per heavy atom. The molecule has 21 heavy (non-hydrogen) atoms. The van der Waals surface area contributed by atoms with Crippen molar-refractivity contribution in [1.29, 1.82) is 0 Å². The predicted molar refractivity (Wildman–Crippen MR) is 87.6 cm³/mol. The van der Waals surface area contributed by atoms with Crippen molar-refractivity contribution in [3.8, 4) is 0 Å². The highest BCUT2D eigenvalue weighted by Crippen LogP contribution is 2.30. The van der Waals surface area contributed by atoms with Gasteiger partial charge in [0.2, 0.25) is 0 Å². The highest BCUT2D eigenvalue weighted by molar-refractivity contribution is 5.66. The Balaban J connectivity index is 2.32. The molecule has 0 spiro atoms. The molecule has 0 unspecified atom stereocenters. The van der Waals surface area contributed by atoms with Crippen LogP contribution in [0.4, 0.5) is 15.8 Å². The van der Waals surface area contributed by atoms with Gasteiger partial charge in [0.15, 0.2) is 0 Å². The first-order valence-electron chi connectivity index (χ1n) is 7.42. The minimum atomic E-state index is -0.185. The average molecular weight is 286 g/mol. The van der Waals surface area contributed by atoms with E-state index in [1.807, 2.05) is 43.1 Å². The van der Waals surface area contributed by atoms with Crippen LogP contribution in [0.3, 0.4) is 0 Å². The van der Waals surface area contributed by atoms with Gasteiger partial charge in [-0.1, -0.05) is 31.2 Å². The SMILES string of the molecule is CCCNCc1cccc(F)c1N(C)c1cccc(C)c1. The Morgan fingerprint density at radius 2 is 1.90 bits per heavy atom. The number of nitrogens with one attached hydrogen (secondary N) is 1. The number of hydrogen-bond acceptors (Lipinski definition) is 2. The van der Waals surface area contributed by atoms with E-state index in [-0.39, 0.29) is 5.82 Å². The van der Waals surface area contributed by atoms with Crippen LogP contribution < -0.4 is 10.2 Å². The summed E-state index contributed by atoms with van der Waals surface area (Å²) >= 11 is 0. The summed E-state index contributed by atoms with van der Waals surface area (Å²) < 4.78 is 14.3. The van der Waals surface area contributed by atoms with E-state index in [9.17, 15) is 4.39 Å². The van der Waals surface area contributed by atoms with Crippen LogP contribution in [0, 0.1) is 12.7 Å². The maximum Gasteiger partial charge on any atom is 0.147 e. The van der Waals surface area contributed by atoms with Crippen LogP contribution in [-0.4, -0.2) is 13.6 Å². The summed E-state index contributed by atoms with van der Waals surface area (Å²) in [5.41, 5.74) is 3.79. The molecular weight excluding hydrogens is 263 g/mol. The Hall–Kier alpha value is -1.87. The number of anilines is 2. The van der Waals surface area contributed by atoms with Gasteiger partial charge in [-0.2, -0.15) is 0 Å². The van der Waals surface area contributed by atoms with Crippen LogP contribution in [0.1, 0.15) is 24.5 Å². The molecule has 0 aromatic heterocycles. The molecule has 1 N–H and O–H groups in total. The number of rotatable bonds is 6. The zero-order valence-electron chi connectivity index (χ0n) is 13.0. The first kappa shape index (κ1) is 15.5. The monoisotopic (exact) mass is 286 g/mol. The van der Waals surface area contributed by atoms with Crippen LogP contribution in [0.25, 0.3) is 0 Å². The third-order valence-corrected chi connectivity index (χ3v) is 3.54. The first-order chi connectivity index (χ1) is 10.1. The van der Waals surface area contributed by atoms with Gasteiger partial charge in [-0.25, -0.2) is 4.39 Å². The number of aryl methyl sites for hydroxylation is 1. The standard InChI is InChI=1S/C18H23FN2/c1-4-11-20-13-15-8-6-10-17(19)18(15)21(3)16-9-5-7-14(2)12-16/h5-10,12,20H,4,11,13H2,1-3H3. The van der Waals surface area contributed by atoms with Crippen molar-refractivity contribution < 1.29 is 4.39 Å². The first-order valence-corrected chi connectivity index (χ1v) is 7.42. The Kier molecular flexibility index (Phi) is 5.34. The van der Waals surface area contributed by atoms with Crippen molar-refractivity contribution in [2.75, 3.05) is 18.5 Å². The molecule has 0 aliphatic rings. The second kappa shape index (κ2) is 7.23. The van der Waals surface area contributed by atoms with Crippen LogP contribution in [0.2, 0.25) is 0 Å². The maximum atomic E-state index is 14.3. The summed E-state index contributed by atoms with van der Waals surface area (Å²) in [7, 11) is 1.91. The molecule has 0 aliphatic carbocycles. The summed E-state index contributed by atoms with van der Waals surface area (Å²) in [6.45, 7) is 5.78. The average Bonchev–Trinajstić information content (AvgIpc) is 2.47. The summed E-state index contributed by atoms with van der Waals surface area (Å²) in [4.78, 5) is 1.92. The zero-order valence-corrected chi connectivity index (χ0v) is 13.0. The predicted octanol–water partition coefficient (Wildman–Crippen LogP) is 4.40. The Labute approximate surface area is 126 Å². The highest BCUT2D eigenvalue weighted by atomic mass is 19.1. The van der Waals surface area contributed by atoms with E-state index < -0.39 is 0 Å². The third-order valence-electron chi connectivity index (χ3n) is 3.54. The highest BCUT2D eigenvalue weighted by Gasteiger charge is 2.14. The van der Waals surface area contributed by atoms with Gasteiger partial charge in [-0.05, 0) is 49.2 Å². The summed E-state index contributed by atoms with van der Waals surface area (Å²) in [6.07, 6.45) is 1.07. The van der Waals surface area contributed by atoms with Gasteiger partial charge in [-0.15, -0.1) is 0 Å². The van der Waals surface area contributed by atoms with Crippen molar-refractivity contribution in [1.82, 2.24) is 5.32 Å². The summed E-state index contributed by atoms with van der Waals surface area (Å²) in [5, 5.41) is 3.34. The second-order valence-corrected chi connectivity index (χ2v) is 5.32. The van der Waals surface area contributed by atoms with Crippen molar-refractivity contribution in [3.05, 3.63) is 59.4 Å². The molecule has 0 radical (unpaired) electrons. The lowest BCUT2D eigenvalue weighted by molar-refractivity contribution is 0.619. The minimum Gasteiger partial charge on any atom is -0.342 e. The van der Waals surface area contributed by atoms with E-state index >= 15 is 0 Å². The maximum absolute atomic E-state index is 14.3. The quantitative estimate of drug-likeness (QED) is 0.792. The number of benzene rings is 2. The van der Waals surface area contributed by atoms with Crippen LogP contribution in [-0.2, 0) is 6.54 Å². The number of hydrogen-bond donors (Lipinski definition) is 1. The lowest BCUT2D eigenvalue weighted by Crippen LogP contribution is -2.19. The van der Waals surface area contributed by atoms with E-state index in [2.05, 4.69) is 18.3 Å². The van der Waals surface area contributed by atoms with E-state index in [1.54, 1.807) is 6.07 Å². The minimum absolute atomic E-state index is 0.185. The van der Waals surface area contributed by atoms with E-state index in [1.165, 1.54) is 11.6 Å². The normalized spacial score (nSPS) is 10.7. The molecule has 2 rings (SSSR count). The van der Waals surface area contributed by atoms with Crippen molar-refractivity contribution >= 4 is 11.4 Å². The molecule has 0 aliphatic heterocycles. The molecule has 2 aromatic carbocycles. The fourth-order valence-electron chi connectivity index (χ4n) is 2.44. The smallest absolute Gasteiger partial charge is 0.147 e. The van der Waals surface area contributed by atoms with Gasteiger partial charge in [-0.3, -0.25) is 0 Å². The van der Waals surface area contributed by atoms with E-state index in [4.69, 9.17) is 0 Å². The van der Waals surface area contributed by atoms with E-state index in [0.29, 0.717) is 12.2 Å². The molecule has 0 saturated heterocycles. The molecule has 2 aromatic rings. The number of nitrogens with zero attached hydrogens (tertiary/aromatic N) is 1. The van der Waals surface area contributed by atoms with Gasteiger partial charge in [0.25, 0.3) is 0 Å². The van der Waals surface area contributed by atoms with Gasteiger partial charge in [0.05, 0.1) is 5.69 Å². The van der Waals surface area contributed by atoms with E-state index in [0.717, 1.165) is 24.2 Å². The number of para-hydroxylation sites is 1. The third kappa shape index (κ3) is 3.82. The summed E-state index contributed by atoms with van der Waals surface area (Å²) in [5.74, 6) is -0.185. The van der Waals surface area contributed by atoms with Crippen molar-refractivity contribution in [2.45, 2.75) is 26.8 Å². The Bertz CT molecular complexity index is 596. The van der Waals surface area contributed by atoms with Crippen LogP contribution >= 0.6 is 0 Å². The molecule has 0 atom stereocenters. The van der Waals surface area contributed by atoms with Gasteiger partial charge in [0.1, 0.15) is 5.82 Å². The second-order valence-electron chi connectivity index (χ2n) is 5.32. The lowest BCUT2D eigenvalue weighted by atomic mass is 10.1. The molecule has 2 nitrogen and oxygen atoms in total. The summed E-state index contributed by atoms with van der Waals surface area (Å²) in [6, 6.07) is 13.4. The van der Waals surface area contributed by atoms with Gasteiger partial charge in [0, 0.05) is 19.3 Å². The molecule has 3 heteroatoms. The molecule has 112 valence electrons. The van der Waals surface area contributed by atoms with Crippen molar-refractivity contribution in [2.24, 2.45) is 0 Å². The number of halogens is 1. The zero-order chi connectivity index (χ0) is 15.2. The lowest BCUT2D eigenvalue weighted by Gasteiger charge is -2.24.